The summed E-state index contributed by atoms with van der Waals surface area (Å²) in [7, 11) is 0. The summed E-state index contributed by atoms with van der Waals surface area (Å²) in [6.07, 6.45) is 2.19. The van der Waals surface area contributed by atoms with E-state index < -0.39 is 18.0 Å². The number of likely N-dealkylation sites (N-methyl/N-ethyl adjacent to an activating group) is 1. The molecule has 4 N–H and O–H groups in total. The first kappa shape index (κ1) is 27.4. The van der Waals surface area contributed by atoms with E-state index in [4.69, 9.17) is 4.74 Å². The molecule has 0 unspecified atom stereocenters. The van der Waals surface area contributed by atoms with E-state index >= 15 is 0 Å². The molecule has 0 spiro atoms. The van der Waals surface area contributed by atoms with Crippen molar-refractivity contribution in [3.8, 4) is 5.75 Å². The molecule has 10 heteroatoms. The van der Waals surface area contributed by atoms with Gasteiger partial charge in [0.15, 0.2) is 0 Å². The van der Waals surface area contributed by atoms with Gasteiger partial charge in [0.1, 0.15) is 24.4 Å². The lowest BCUT2D eigenvalue weighted by atomic mass is 10.0. The van der Waals surface area contributed by atoms with E-state index in [1.165, 1.54) is 0 Å². The quantitative estimate of drug-likeness (QED) is 0.473. The van der Waals surface area contributed by atoms with Crippen molar-refractivity contribution in [3.63, 3.8) is 0 Å². The Morgan fingerprint density at radius 1 is 1.17 bits per heavy atom. The molecular formula is C26H39N5O5. The molecule has 1 fully saturated rings. The van der Waals surface area contributed by atoms with E-state index in [2.05, 4.69) is 33.1 Å². The molecule has 1 aromatic rings. The lowest BCUT2D eigenvalue weighted by molar-refractivity contribution is -0.130. The maximum absolute atomic E-state index is 13.2. The number of nitrogens with zero attached hydrogens (tertiary/aromatic N) is 1. The lowest BCUT2D eigenvalue weighted by Crippen LogP contribution is -2.51. The van der Waals surface area contributed by atoms with Gasteiger partial charge in [-0.1, -0.05) is 32.9 Å². The average Bonchev–Trinajstić information content (AvgIpc) is 3.33. The maximum atomic E-state index is 13.2. The molecule has 0 aromatic heterocycles. The van der Waals surface area contributed by atoms with Crippen molar-refractivity contribution in [2.75, 3.05) is 32.8 Å². The highest BCUT2D eigenvalue weighted by molar-refractivity contribution is 5.99. The Morgan fingerprint density at radius 3 is 2.69 bits per heavy atom. The number of hydrogen-bond donors (Lipinski definition) is 4. The number of carbonyl (C=O) groups is 4. The first-order valence-electron chi connectivity index (χ1n) is 12.9. The third-order valence-corrected chi connectivity index (χ3v) is 6.76. The molecule has 3 rings (SSSR count). The van der Waals surface area contributed by atoms with Gasteiger partial charge in [0.2, 0.25) is 17.7 Å². The molecule has 4 amide bonds. The predicted molar refractivity (Wildman–Crippen MR) is 135 cm³/mol. The highest BCUT2D eigenvalue weighted by Gasteiger charge is 2.29. The molecule has 2 aliphatic rings. The number of ether oxygens (including phenoxy) is 1. The fourth-order valence-corrected chi connectivity index (χ4v) is 4.67. The topological polar surface area (TPSA) is 129 Å². The zero-order valence-electron chi connectivity index (χ0n) is 21.5. The van der Waals surface area contributed by atoms with Crippen LogP contribution >= 0.6 is 0 Å². The van der Waals surface area contributed by atoms with Crippen molar-refractivity contribution in [1.82, 2.24) is 26.2 Å². The van der Waals surface area contributed by atoms with Crippen LogP contribution in [0, 0.1) is 5.92 Å². The zero-order valence-corrected chi connectivity index (χ0v) is 21.5. The SMILES string of the molecule is CCN1CCC[C@H]1CNC(=O)[C@@H]1CCC(=O)N[C@H](C(C)C)C(=O)NCCOc2ccccc2C(=O)N1. The summed E-state index contributed by atoms with van der Waals surface area (Å²) >= 11 is 0. The van der Waals surface area contributed by atoms with Gasteiger partial charge >= 0.3 is 0 Å². The Bertz CT molecular complexity index is 937. The van der Waals surface area contributed by atoms with Crippen LogP contribution in [0.25, 0.3) is 0 Å². The summed E-state index contributed by atoms with van der Waals surface area (Å²) < 4.78 is 5.77. The smallest absolute Gasteiger partial charge is 0.255 e. The summed E-state index contributed by atoms with van der Waals surface area (Å²) in [5.74, 6) is -1.21. The number of likely N-dealkylation sites (tertiary alicyclic amines) is 1. The van der Waals surface area contributed by atoms with Crippen LogP contribution in [0.15, 0.2) is 24.3 Å². The Kier molecular flexibility index (Phi) is 10.1. The molecule has 0 aliphatic carbocycles. The first-order chi connectivity index (χ1) is 17.3. The minimum atomic E-state index is -0.913. The van der Waals surface area contributed by atoms with Crippen LogP contribution in [0.4, 0.5) is 0 Å². The van der Waals surface area contributed by atoms with Gasteiger partial charge in [-0.3, -0.25) is 24.1 Å². The van der Waals surface area contributed by atoms with Crippen LogP contribution in [-0.2, 0) is 14.4 Å². The number of hydrogen-bond acceptors (Lipinski definition) is 6. The minimum absolute atomic E-state index is 0.0163. The second-order valence-corrected chi connectivity index (χ2v) is 9.66. The van der Waals surface area contributed by atoms with E-state index in [1.54, 1.807) is 24.3 Å². The van der Waals surface area contributed by atoms with Crippen molar-refractivity contribution in [2.24, 2.45) is 5.92 Å². The summed E-state index contributed by atoms with van der Waals surface area (Å²) in [4.78, 5) is 54.0. The van der Waals surface area contributed by atoms with Gasteiger partial charge in [-0.15, -0.1) is 0 Å². The second-order valence-electron chi connectivity index (χ2n) is 9.66. The van der Waals surface area contributed by atoms with Gasteiger partial charge in [-0.25, -0.2) is 0 Å². The molecule has 3 atom stereocenters. The van der Waals surface area contributed by atoms with Crippen molar-refractivity contribution in [1.29, 1.82) is 0 Å². The maximum Gasteiger partial charge on any atom is 0.255 e. The minimum Gasteiger partial charge on any atom is -0.491 e. The van der Waals surface area contributed by atoms with Gasteiger partial charge < -0.3 is 26.0 Å². The van der Waals surface area contributed by atoms with Gasteiger partial charge in [0.05, 0.1) is 12.1 Å². The van der Waals surface area contributed by atoms with Gasteiger partial charge in [0, 0.05) is 19.0 Å². The van der Waals surface area contributed by atoms with Crippen molar-refractivity contribution < 1.29 is 23.9 Å². The van der Waals surface area contributed by atoms with Crippen LogP contribution in [0.3, 0.4) is 0 Å². The normalized spacial score (nSPS) is 24.4. The van der Waals surface area contributed by atoms with Crippen LogP contribution in [0.5, 0.6) is 5.75 Å². The van der Waals surface area contributed by atoms with Crippen molar-refractivity contribution >= 4 is 23.6 Å². The molecule has 0 bridgehead atoms. The molecule has 1 saturated heterocycles. The monoisotopic (exact) mass is 501 g/mol. The molecule has 0 radical (unpaired) electrons. The third kappa shape index (κ3) is 7.43. The van der Waals surface area contributed by atoms with Crippen molar-refractivity contribution in [2.45, 2.75) is 64.6 Å². The van der Waals surface area contributed by atoms with E-state index in [0.717, 1.165) is 25.9 Å². The standard InChI is InChI=1S/C26H39N5O5/c1-4-31-14-7-8-18(31)16-28-25(34)20-11-12-22(32)30-23(17(2)3)26(35)27-13-15-36-21-10-6-5-9-19(21)24(33)29-20/h5-6,9-10,17-18,20,23H,4,7-8,11-16H2,1-3H3,(H,27,35)(H,28,34)(H,29,33)(H,30,32)/t18-,20-,23+/m0/s1. The largest absolute Gasteiger partial charge is 0.491 e. The van der Waals surface area contributed by atoms with Crippen LogP contribution in [0.2, 0.25) is 0 Å². The van der Waals surface area contributed by atoms with E-state index in [9.17, 15) is 19.2 Å². The Labute approximate surface area is 212 Å². The molecular weight excluding hydrogens is 462 g/mol. The van der Waals surface area contributed by atoms with Gasteiger partial charge in [-0.2, -0.15) is 0 Å². The summed E-state index contributed by atoms with van der Waals surface area (Å²) in [6, 6.07) is 5.40. The third-order valence-electron chi connectivity index (χ3n) is 6.76. The van der Waals surface area contributed by atoms with Crippen LogP contribution in [0.1, 0.15) is 56.8 Å². The van der Waals surface area contributed by atoms with E-state index in [-0.39, 0.29) is 61.2 Å². The number of carbonyl (C=O) groups excluding carboxylic acids is 4. The average molecular weight is 502 g/mol. The molecule has 10 nitrogen and oxygen atoms in total. The number of nitrogens with one attached hydrogen (secondary N) is 4. The van der Waals surface area contributed by atoms with Crippen LogP contribution < -0.4 is 26.0 Å². The fourth-order valence-electron chi connectivity index (χ4n) is 4.67. The highest BCUT2D eigenvalue weighted by Crippen LogP contribution is 2.19. The number of fused-ring (bicyclic) bond motifs is 1. The first-order valence-corrected chi connectivity index (χ1v) is 12.9. The fraction of sp³-hybridized carbons (Fsp3) is 0.615. The van der Waals surface area contributed by atoms with E-state index in [1.807, 2.05) is 13.8 Å². The van der Waals surface area contributed by atoms with Gasteiger partial charge in [-0.05, 0) is 50.4 Å². The summed E-state index contributed by atoms with van der Waals surface area (Å²) in [5.41, 5.74) is 0.286. The molecule has 0 saturated carbocycles. The zero-order chi connectivity index (χ0) is 26.1. The molecule has 2 heterocycles. The molecule has 198 valence electrons. The number of rotatable bonds is 5. The number of para-hydroxylation sites is 1. The lowest BCUT2D eigenvalue weighted by Gasteiger charge is -2.25. The number of benzene rings is 1. The Hall–Kier alpha value is -3.14. The highest BCUT2D eigenvalue weighted by atomic mass is 16.5. The molecule has 36 heavy (non-hydrogen) atoms. The summed E-state index contributed by atoms with van der Waals surface area (Å²) in [6.45, 7) is 8.59. The Balaban J connectivity index is 1.78. The van der Waals surface area contributed by atoms with Crippen LogP contribution in [-0.4, -0.2) is 79.4 Å². The number of amides is 4. The summed E-state index contributed by atoms with van der Waals surface area (Å²) in [5, 5.41) is 11.3. The predicted octanol–water partition coefficient (Wildman–Crippen LogP) is 0.815. The van der Waals surface area contributed by atoms with E-state index in [0.29, 0.717) is 12.3 Å². The van der Waals surface area contributed by atoms with Gasteiger partial charge in [0.25, 0.3) is 5.91 Å². The second kappa shape index (κ2) is 13.2. The molecule has 2 aliphatic heterocycles. The molecule has 1 aromatic carbocycles. The van der Waals surface area contributed by atoms with Crippen molar-refractivity contribution in [3.05, 3.63) is 29.8 Å². The Morgan fingerprint density at radius 2 is 1.94 bits per heavy atom.